The normalized spacial score (nSPS) is 19.5. The molecule has 0 fully saturated rings. The van der Waals surface area contributed by atoms with Crippen molar-refractivity contribution in [2.24, 2.45) is 0 Å². The second-order valence-electron chi connectivity index (χ2n) is 5.11. The van der Waals surface area contributed by atoms with Crippen LogP contribution >= 0.6 is 23.2 Å². The standard InChI is InChI=1S/C16H14Cl2N4O/c1-23-16-5-3-10(15-6-11(7-19)21-22(15)16)2-4-12-13(17)8-20-9-14(12)18/h3,5-6,8-9,11,21H,2,4H2,1H3. The van der Waals surface area contributed by atoms with Crippen molar-refractivity contribution in [3.63, 3.8) is 0 Å². The van der Waals surface area contributed by atoms with E-state index in [1.165, 1.54) is 0 Å². The number of ether oxygens (including phenoxy) is 1. The van der Waals surface area contributed by atoms with Crippen LogP contribution in [0.15, 0.2) is 47.8 Å². The first-order valence-electron chi connectivity index (χ1n) is 7.05. The molecule has 5 nitrogen and oxygen atoms in total. The van der Waals surface area contributed by atoms with Crippen molar-refractivity contribution in [3.8, 4) is 6.07 Å². The van der Waals surface area contributed by atoms with Crippen molar-refractivity contribution < 1.29 is 4.74 Å². The average Bonchev–Trinajstić information content (AvgIpc) is 2.99. The number of nitrogens with zero attached hydrogens (tertiary/aromatic N) is 3. The molecule has 0 aliphatic carbocycles. The van der Waals surface area contributed by atoms with Crippen LogP contribution in [0.5, 0.6) is 0 Å². The summed E-state index contributed by atoms with van der Waals surface area (Å²) < 4.78 is 5.33. The van der Waals surface area contributed by atoms with Gasteiger partial charge in [-0.25, -0.2) is 10.4 Å². The van der Waals surface area contributed by atoms with Gasteiger partial charge in [-0.05, 0) is 30.1 Å². The van der Waals surface area contributed by atoms with Crippen molar-refractivity contribution in [1.82, 2.24) is 15.4 Å². The molecule has 0 saturated heterocycles. The van der Waals surface area contributed by atoms with E-state index < -0.39 is 0 Å². The predicted octanol–water partition coefficient (Wildman–Crippen LogP) is 3.35. The third-order valence-electron chi connectivity index (χ3n) is 3.76. The molecule has 1 unspecified atom stereocenters. The van der Waals surface area contributed by atoms with Gasteiger partial charge in [-0.1, -0.05) is 29.3 Å². The van der Waals surface area contributed by atoms with Crippen LogP contribution in [0.25, 0.3) is 0 Å². The van der Waals surface area contributed by atoms with Crippen molar-refractivity contribution in [2.45, 2.75) is 18.9 Å². The lowest BCUT2D eigenvalue weighted by Gasteiger charge is -2.28. The number of hydrazine groups is 1. The summed E-state index contributed by atoms with van der Waals surface area (Å²) in [6.45, 7) is 0. The minimum Gasteiger partial charge on any atom is -0.481 e. The number of allylic oxidation sites excluding steroid dienone is 3. The summed E-state index contributed by atoms with van der Waals surface area (Å²) in [6, 6.07) is 1.81. The number of pyridine rings is 1. The maximum absolute atomic E-state index is 9.13. The van der Waals surface area contributed by atoms with Gasteiger partial charge in [0, 0.05) is 18.5 Å². The number of methoxy groups -OCH3 is 1. The zero-order valence-corrected chi connectivity index (χ0v) is 13.9. The summed E-state index contributed by atoms with van der Waals surface area (Å²) in [5.74, 6) is 0.651. The summed E-state index contributed by atoms with van der Waals surface area (Å²) in [6.07, 6.45) is 10.4. The summed E-state index contributed by atoms with van der Waals surface area (Å²) >= 11 is 12.3. The highest BCUT2D eigenvalue weighted by atomic mass is 35.5. The number of nitriles is 1. The molecule has 0 amide bonds. The van der Waals surface area contributed by atoms with Gasteiger partial charge >= 0.3 is 0 Å². The highest BCUT2D eigenvalue weighted by Gasteiger charge is 2.30. The molecule has 2 aliphatic heterocycles. The lowest BCUT2D eigenvalue weighted by atomic mass is 10.00. The summed E-state index contributed by atoms with van der Waals surface area (Å²) in [5, 5.41) is 12.0. The highest BCUT2D eigenvalue weighted by Crippen LogP contribution is 2.33. The van der Waals surface area contributed by atoms with Crippen molar-refractivity contribution in [2.75, 3.05) is 7.11 Å². The van der Waals surface area contributed by atoms with E-state index in [2.05, 4.69) is 16.5 Å². The zero-order chi connectivity index (χ0) is 16.4. The molecule has 1 atom stereocenters. The van der Waals surface area contributed by atoms with Gasteiger partial charge in [-0.2, -0.15) is 5.26 Å². The maximum Gasteiger partial charge on any atom is 0.208 e. The van der Waals surface area contributed by atoms with Crippen LogP contribution in [0.3, 0.4) is 0 Å². The Labute approximate surface area is 144 Å². The summed E-state index contributed by atoms with van der Waals surface area (Å²) in [4.78, 5) is 3.96. The molecule has 1 N–H and O–H groups in total. The summed E-state index contributed by atoms with van der Waals surface area (Å²) in [7, 11) is 1.60. The van der Waals surface area contributed by atoms with Crippen LogP contribution in [-0.4, -0.2) is 23.1 Å². The monoisotopic (exact) mass is 348 g/mol. The number of hydrogen-bond donors (Lipinski definition) is 1. The van der Waals surface area contributed by atoms with E-state index in [0.717, 1.165) is 23.3 Å². The third kappa shape index (κ3) is 3.06. The molecule has 3 heterocycles. The van der Waals surface area contributed by atoms with Gasteiger partial charge in [0.1, 0.15) is 6.04 Å². The molecular weight excluding hydrogens is 335 g/mol. The summed E-state index contributed by atoms with van der Waals surface area (Å²) in [5.41, 5.74) is 5.96. The number of halogens is 2. The van der Waals surface area contributed by atoms with E-state index in [1.54, 1.807) is 24.5 Å². The van der Waals surface area contributed by atoms with Gasteiger partial charge in [0.15, 0.2) is 0 Å². The van der Waals surface area contributed by atoms with Crippen LogP contribution in [0.1, 0.15) is 12.0 Å². The first-order chi connectivity index (χ1) is 11.1. The molecule has 3 rings (SSSR count). The smallest absolute Gasteiger partial charge is 0.208 e. The number of hydrogen-bond acceptors (Lipinski definition) is 5. The van der Waals surface area contributed by atoms with E-state index in [-0.39, 0.29) is 6.04 Å². The van der Waals surface area contributed by atoms with Crippen LogP contribution in [0.2, 0.25) is 10.0 Å². The first-order valence-corrected chi connectivity index (χ1v) is 7.80. The SMILES string of the molecule is COC1=CC=C(CCc2c(Cl)cncc2Cl)C2=CC(C#N)NN12. The second kappa shape index (κ2) is 6.63. The van der Waals surface area contributed by atoms with Crippen molar-refractivity contribution in [3.05, 3.63) is 63.4 Å². The Kier molecular flexibility index (Phi) is 4.58. The molecule has 118 valence electrons. The van der Waals surface area contributed by atoms with E-state index in [9.17, 15) is 0 Å². The Balaban J connectivity index is 1.83. The molecule has 23 heavy (non-hydrogen) atoms. The molecule has 1 aromatic rings. The van der Waals surface area contributed by atoms with Crippen LogP contribution in [-0.2, 0) is 11.2 Å². The molecular formula is C16H14Cl2N4O. The van der Waals surface area contributed by atoms with Gasteiger partial charge in [0.25, 0.3) is 0 Å². The average molecular weight is 349 g/mol. The Bertz CT molecular complexity index is 744. The second-order valence-corrected chi connectivity index (χ2v) is 5.92. The van der Waals surface area contributed by atoms with Crippen LogP contribution in [0.4, 0.5) is 0 Å². The topological polar surface area (TPSA) is 61.2 Å². The number of nitrogens with one attached hydrogen (secondary N) is 1. The maximum atomic E-state index is 9.13. The fourth-order valence-electron chi connectivity index (χ4n) is 2.62. The molecule has 0 aromatic carbocycles. The fraction of sp³-hybridized carbons (Fsp3) is 0.250. The molecule has 0 spiro atoms. The predicted molar refractivity (Wildman–Crippen MR) is 88.2 cm³/mol. The highest BCUT2D eigenvalue weighted by molar-refractivity contribution is 6.35. The third-order valence-corrected chi connectivity index (χ3v) is 4.41. The first kappa shape index (κ1) is 15.9. The van der Waals surface area contributed by atoms with Crippen LogP contribution in [0, 0.1) is 11.3 Å². The van der Waals surface area contributed by atoms with Crippen LogP contribution < -0.4 is 5.43 Å². The molecule has 0 bridgehead atoms. The quantitative estimate of drug-likeness (QED) is 0.903. The number of fused-ring (bicyclic) bond motifs is 1. The Hall–Kier alpha value is -2.00. The molecule has 7 heteroatoms. The molecule has 1 aromatic heterocycles. The molecule has 0 saturated carbocycles. The minimum absolute atomic E-state index is 0.377. The van der Waals surface area contributed by atoms with Crippen molar-refractivity contribution >= 4 is 23.2 Å². The zero-order valence-electron chi connectivity index (χ0n) is 12.4. The minimum atomic E-state index is -0.377. The van der Waals surface area contributed by atoms with Gasteiger partial charge < -0.3 is 4.74 Å². The van der Waals surface area contributed by atoms with Gasteiger partial charge in [-0.15, -0.1) is 0 Å². The lowest BCUT2D eigenvalue weighted by Crippen LogP contribution is -2.37. The van der Waals surface area contributed by atoms with E-state index in [4.69, 9.17) is 33.2 Å². The molecule has 0 radical (unpaired) electrons. The lowest BCUT2D eigenvalue weighted by molar-refractivity contribution is 0.149. The largest absolute Gasteiger partial charge is 0.481 e. The van der Waals surface area contributed by atoms with E-state index >= 15 is 0 Å². The van der Waals surface area contributed by atoms with E-state index in [1.807, 2.05) is 18.2 Å². The van der Waals surface area contributed by atoms with E-state index in [0.29, 0.717) is 22.3 Å². The number of rotatable bonds is 4. The number of aromatic nitrogens is 1. The van der Waals surface area contributed by atoms with Gasteiger partial charge in [-0.3, -0.25) is 4.98 Å². The van der Waals surface area contributed by atoms with Gasteiger partial charge in [0.2, 0.25) is 5.88 Å². The Morgan fingerprint density at radius 1 is 1.30 bits per heavy atom. The Morgan fingerprint density at radius 2 is 2.04 bits per heavy atom. The Morgan fingerprint density at radius 3 is 2.70 bits per heavy atom. The van der Waals surface area contributed by atoms with Gasteiger partial charge in [0.05, 0.1) is 28.9 Å². The molecule has 2 aliphatic rings. The fourth-order valence-corrected chi connectivity index (χ4v) is 3.17. The van der Waals surface area contributed by atoms with Crippen molar-refractivity contribution in [1.29, 1.82) is 5.26 Å².